The number of nitrogens with zero attached hydrogens (tertiary/aromatic N) is 1. The molecule has 1 aromatic carbocycles. The van der Waals surface area contributed by atoms with Gasteiger partial charge in [-0.05, 0) is 62.8 Å². The van der Waals surface area contributed by atoms with Crippen LogP contribution in [0.2, 0.25) is 0 Å². The summed E-state index contributed by atoms with van der Waals surface area (Å²) in [5, 5.41) is 21.4. The Hall–Kier alpha value is -1.91. The molecule has 0 spiro atoms. The van der Waals surface area contributed by atoms with Crippen molar-refractivity contribution in [3.63, 3.8) is 0 Å². The van der Waals surface area contributed by atoms with E-state index >= 15 is 0 Å². The summed E-state index contributed by atoms with van der Waals surface area (Å²) < 4.78 is 0. The highest BCUT2D eigenvalue weighted by Gasteiger charge is 2.43. The molecule has 4 nitrogen and oxygen atoms in total. The first kappa shape index (κ1) is 22.8. The molecular formula is C26H37NO3. The maximum absolute atomic E-state index is 11.7. The van der Waals surface area contributed by atoms with Gasteiger partial charge in [0, 0.05) is 26.4 Å². The van der Waals surface area contributed by atoms with Gasteiger partial charge in [0.05, 0.1) is 11.7 Å². The van der Waals surface area contributed by atoms with E-state index in [1.807, 2.05) is 43.3 Å². The minimum Gasteiger partial charge on any atom is -0.392 e. The van der Waals surface area contributed by atoms with Gasteiger partial charge in [-0.2, -0.15) is 0 Å². The second kappa shape index (κ2) is 9.93. The highest BCUT2D eigenvalue weighted by atomic mass is 16.3. The summed E-state index contributed by atoms with van der Waals surface area (Å²) in [6.45, 7) is 1.84. The topological polar surface area (TPSA) is 60.8 Å². The first-order chi connectivity index (χ1) is 14.3. The molecule has 4 heteroatoms. The van der Waals surface area contributed by atoms with Crippen LogP contribution in [-0.4, -0.2) is 41.2 Å². The predicted molar refractivity (Wildman–Crippen MR) is 121 cm³/mol. The van der Waals surface area contributed by atoms with E-state index in [1.165, 1.54) is 5.57 Å². The Kier molecular flexibility index (Phi) is 7.54. The van der Waals surface area contributed by atoms with Crippen molar-refractivity contribution in [2.75, 3.05) is 14.1 Å². The lowest BCUT2D eigenvalue weighted by Crippen LogP contribution is -2.21. The van der Waals surface area contributed by atoms with E-state index in [1.54, 1.807) is 19.0 Å². The number of unbranched alkanes of at least 4 members (excludes halogenated alkanes) is 1. The Labute approximate surface area is 181 Å². The molecule has 30 heavy (non-hydrogen) atoms. The van der Waals surface area contributed by atoms with Crippen molar-refractivity contribution in [2.45, 2.75) is 63.6 Å². The molecule has 0 aromatic heterocycles. The second-order valence-electron chi connectivity index (χ2n) is 9.50. The zero-order valence-corrected chi connectivity index (χ0v) is 18.6. The molecule has 1 amide bonds. The quantitative estimate of drug-likeness (QED) is 0.467. The van der Waals surface area contributed by atoms with Gasteiger partial charge in [0.25, 0.3) is 0 Å². The fourth-order valence-corrected chi connectivity index (χ4v) is 5.01. The van der Waals surface area contributed by atoms with Crippen molar-refractivity contribution in [3.8, 4) is 0 Å². The molecule has 0 aliphatic heterocycles. The van der Waals surface area contributed by atoms with Crippen molar-refractivity contribution in [1.29, 1.82) is 0 Å². The van der Waals surface area contributed by atoms with Crippen LogP contribution in [0.4, 0.5) is 0 Å². The van der Waals surface area contributed by atoms with Gasteiger partial charge in [-0.25, -0.2) is 0 Å². The molecule has 164 valence electrons. The smallest absolute Gasteiger partial charge is 0.222 e. The van der Waals surface area contributed by atoms with Crippen molar-refractivity contribution in [1.82, 2.24) is 4.90 Å². The summed E-state index contributed by atoms with van der Waals surface area (Å²) in [7, 11) is 3.61. The number of hydrogen-bond donors (Lipinski definition) is 2. The molecule has 1 saturated carbocycles. The largest absolute Gasteiger partial charge is 0.392 e. The summed E-state index contributed by atoms with van der Waals surface area (Å²) in [5.41, 5.74) is 1.50. The lowest BCUT2D eigenvalue weighted by molar-refractivity contribution is -0.128. The molecule has 3 rings (SSSR count). The van der Waals surface area contributed by atoms with Crippen LogP contribution >= 0.6 is 0 Å². The third-order valence-corrected chi connectivity index (χ3v) is 6.86. The normalized spacial score (nSPS) is 27.7. The van der Waals surface area contributed by atoms with Crippen LogP contribution in [0, 0.1) is 17.8 Å². The van der Waals surface area contributed by atoms with Gasteiger partial charge in [0.1, 0.15) is 0 Å². The molecule has 5 atom stereocenters. The van der Waals surface area contributed by atoms with Crippen LogP contribution in [0.5, 0.6) is 0 Å². The van der Waals surface area contributed by atoms with E-state index in [2.05, 4.69) is 12.2 Å². The van der Waals surface area contributed by atoms with E-state index < -0.39 is 5.60 Å². The van der Waals surface area contributed by atoms with E-state index in [4.69, 9.17) is 0 Å². The lowest BCUT2D eigenvalue weighted by atomic mass is 9.87. The SMILES string of the molecule is CN(C)C(=O)CCCCC1=C[C@H]2C[C@@H](O)[C@H](/C=C/C[C@](C)(O)c3ccccc3)[C@H]2C1. The minimum atomic E-state index is -0.899. The van der Waals surface area contributed by atoms with E-state index in [0.717, 1.165) is 37.7 Å². The highest BCUT2D eigenvalue weighted by molar-refractivity contribution is 5.75. The number of benzene rings is 1. The number of aliphatic hydroxyl groups is 2. The number of carbonyl (C=O) groups is 1. The fourth-order valence-electron chi connectivity index (χ4n) is 5.01. The molecular weight excluding hydrogens is 374 g/mol. The van der Waals surface area contributed by atoms with E-state index in [0.29, 0.717) is 24.7 Å². The Morgan fingerprint density at radius 2 is 1.97 bits per heavy atom. The molecule has 2 N–H and O–H groups in total. The number of rotatable bonds is 9. The first-order valence-electron chi connectivity index (χ1n) is 11.3. The Morgan fingerprint density at radius 1 is 1.23 bits per heavy atom. The van der Waals surface area contributed by atoms with Crippen molar-refractivity contribution in [3.05, 3.63) is 59.7 Å². The summed E-state index contributed by atoms with van der Waals surface area (Å²) in [4.78, 5) is 13.4. The van der Waals surface area contributed by atoms with E-state index in [-0.39, 0.29) is 17.9 Å². The van der Waals surface area contributed by atoms with Gasteiger partial charge in [0.2, 0.25) is 5.91 Å². The van der Waals surface area contributed by atoms with Crippen LogP contribution < -0.4 is 0 Å². The average molecular weight is 412 g/mol. The number of allylic oxidation sites excluding steroid dienone is 2. The van der Waals surface area contributed by atoms with Crippen molar-refractivity contribution in [2.24, 2.45) is 17.8 Å². The molecule has 2 aliphatic carbocycles. The maximum atomic E-state index is 11.7. The van der Waals surface area contributed by atoms with Gasteiger partial charge < -0.3 is 15.1 Å². The number of carbonyl (C=O) groups excluding carboxylic acids is 1. The fraction of sp³-hybridized carbons (Fsp3) is 0.577. The molecule has 0 radical (unpaired) electrons. The van der Waals surface area contributed by atoms with Crippen LogP contribution in [-0.2, 0) is 10.4 Å². The zero-order chi connectivity index (χ0) is 21.7. The third kappa shape index (κ3) is 5.61. The zero-order valence-electron chi connectivity index (χ0n) is 18.6. The molecule has 0 heterocycles. The summed E-state index contributed by atoms with van der Waals surface area (Å²) in [6, 6.07) is 9.75. The Balaban J connectivity index is 1.49. The number of hydrogen-bond acceptors (Lipinski definition) is 3. The molecule has 1 fully saturated rings. The minimum absolute atomic E-state index is 0.158. The standard InChI is InChI=1S/C26H37NO3/c1-26(30,21-11-5-4-6-12-21)15-9-13-22-23-17-19(16-20(23)18-24(22)28)10-7-8-14-25(29)27(2)3/h4-6,9,11-13,16,20,22-24,28,30H,7-8,10,14-15,17-18H2,1-3H3/b13-9+/t20-,22+,23-,24+,26-/m0/s1. The summed E-state index contributed by atoms with van der Waals surface area (Å²) in [6.07, 6.45) is 12.4. The number of aliphatic hydroxyl groups excluding tert-OH is 1. The van der Waals surface area contributed by atoms with E-state index in [9.17, 15) is 15.0 Å². The molecule has 1 aromatic rings. The van der Waals surface area contributed by atoms with Gasteiger partial charge in [-0.15, -0.1) is 0 Å². The van der Waals surface area contributed by atoms with Crippen LogP contribution in [0.1, 0.15) is 57.4 Å². The Morgan fingerprint density at radius 3 is 2.67 bits per heavy atom. The van der Waals surface area contributed by atoms with Crippen LogP contribution in [0.15, 0.2) is 54.1 Å². The molecule has 2 aliphatic rings. The second-order valence-corrected chi connectivity index (χ2v) is 9.50. The third-order valence-electron chi connectivity index (χ3n) is 6.86. The van der Waals surface area contributed by atoms with Gasteiger partial charge in [-0.1, -0.05) is 54.1 Å². The Bertz CT molecular complexity index is 766. The molecule has 0 saturated heterocycles. The van der Waals surface area contributed by atoms with Gasteiger partial charge >= 0.3 is 0 Å². The summed E-state index contributed by atoms with van der Waals surface area (Å²) in [5.74, 6) is 1.29. The van der Waals surface area contributed by atoms with Crippen molar-refractivity contribution >= 4 is 5.91 Å². The van der Waals surface area contributed by atoms with Crippen LogP contribution in [0.3, 0.4) is 0 Å². The first-order valence-corrected chi connectivity index (χ1v) is 11.3. The molecule has 0 bridgehead atoms. The lowest BCUT2D eigenvalue weighted by Gasteiger charge is -2.23. The monoisotopic (exact) mass is 411 g/mol. The maximum Gasteiger partial charge on any atom is 0.222 e. The predicted octanol–water partition coefficient (Wildman–Crippen LogP) is 4.43. The van der Waals surface area contributed by atoms with Crippen LogP contribution in [0.25, 0.3) is 0 Å². The average Bonchev–Trinajstić information content (AvgIpc) is 3.23. The highest BCUT2D eigenvalue weighted by Crippen LogP contribution is 2.48. The summed E-state index contributed by atoms with van der Waals surface area (Å²) >= 11 is 0. The van der Waals surface area contributed by atoms with Gasteiger partial charge in [-0.3, -0.25) is 4.79 Å². The number of fused-ring (bicyclic) bond motifs is 1. The van der Waals surface area contributed by atoms with Crippen molar-refractivity contribution < 1.29 is 15.0 Å². The molecule has 0 unspecified atom stereocenters. The van der Waals surface area contributed by atoms with Gasteiger partial charge in [0.15, 0.2) is 0 Å². The number of amides is 1.